The van der Waals surface area contributed by atoms with Gasteiger partial charge >= 0.3 is 0 Å². The van der Waals surface area contributed by atoms with E-state index in [-0.39, 0.29) is 11.2 Å². The molecule has 1 aliphatic carbocycles. The van der Waals surface area contributed by atoms with E-state index in [9.17, 15) is 4.39 Å². The van der Waals surface area contributed by atoms with Gasteiger partial charge < -0.3 is 4.90 Å². The van der Waals surface area contributed by atoms with Gasteiger partial charge in [0.05, 0.1) is 0 Å². The molecule has 1 aromatic heterocycles. The molecule has 5 heteroatoms. The Bertz CT molecular complexity index is 689. The number of piperidine rings is 1. The van der Waals surface area contributed by atoms with Crippen molar-refractivity contribution in [1.82, 2.24) is 20.1 Å². The summed E-state index contributed by atoms with van der Waals surface area (Å²) in [6.45, 7) is 4.68. The van der Waals surface area contributed by atoms with E-state index in [1.165, 1.54) is 31.4 Å². The lowest BCUT2D eigenvalue weighted by atomic mass is 9.75. The Kier molecular flexibility index (Phi) is 3.48. The van der Waals surface area contributed by atoms with Crippen LogP contribution in [0, 0.1) is 17.7 Å². The molecular formula is C18H23FN4. The average Bonchev–Trinajstić information content (AvgIpc) is 3.17. The Morgan fingerprint density at radius 3 is 2.65 bits per heavy atom. The third-order valence-electron chi connectivity index (χ3n) is 5.67. The van der Waals surface area contributed by atoms with Crippen molar-refractivity contribution in [3.8, 4) is 11.4 Å². The molecule has 122 valence electrons. The summed E-state index contributed by atoms with van der Waals surface area (Å²) in [6.07, 6.45) is 3.62. The fourth-order valence-corrected chi connectivity index (χ4v) is 4.31. The number of nitrogens with one attached hydrogen (secondary N) is 1. The van der Waals surface area contributed by atoms with Crippen molar-refractivity contribution in [2.75, 3.05) is 20.1 Å². The molecule has 1 saturated carbocycles. The van der Waals surface area contributed by atoms with Gasteiger partial charge in [-0.2, -0.15) is 5.10 Å². The highest BCUT2D eigenvalue weighted by Crippen LogP contribution is 2.57. The molecular weight excluding hydrogens is 291 g/mol. The minimum Gasteiger partial charge on any atom is -0.306 e. The number of nitrogens with zero attached hydrogens (tertiary/aromatic N) is 3. The summed E-state index contributed by atoms with van der Waals surface area (Å²) >= 11 is 0. The normalized spacial score (nSPS) is 27.1. The highest BCUT2D eigenvalue weighted by atomic mass is 19.1. The van der Waals surface area contributed by atoms with Gasteiger partial charge in [0, 0.05) is 17.5 Å². The molecule has 4 rings (SSSR count). The number of halogens is 1. The third kappa shape index (κ3) is 2.57. The highest BCUT2D eigenvalue weighted by molar-refractivity contribution is 5.54. The van der Waals surface area contributed by atoms with Crippen LogP contribution in [0.2, 0.25) is 0 Å². The van der Waals surface area contributed by atoms with Gasteiger partial charge in [-0.25, -0.2) is 9.37 Å². The van der Waals surface area contributed by atoms with E-state index in [4.69, 9.17) is 4.98 Å². The van der Waals surface area contributed by atoms with Gasteiger partial charge in [0.2, 0.25) is 0 Å². The van der Waals surface area contributed by atoms with E-state index < -0.39 is 0 Å². The fraction of sp³-hybridized carbons (Fsp3) is 0.556. The van der Waals surface area contributed by atoms with E-state index in [0.717, 1.165) is 24.5 Å². The zero-order valence-electron chi connectivity index (χ0n) is 13.7. The summed E-state index contributed by atoms with van der Waals surface area (Å²) in [7, 11) is 2.20. The topological polar surface area (TPSA) is 44.8 Å². The van der Waals surface area contributed by atoms with Crippen LogP contribution in [0.5, 0.6) is 0 Å². The van der Waals surface area contributed by atoms with Gasteiger partial charge in [-0.1, -0.05) is 6.92 Å². The SMILES string of the molecule is C[C@@H]1CN(C)CCC1C1(c2nc(-c3ccc(F)cc3)n[nH]2)CC1. The monoisotopic (exact) mass is 314 g/mol. The first-order valence-corrected chi connectivity index (χ1v) is 8.46. The van der Waals surface area contributed by atoms with Crippen LogP contribution in [0.15, 0.2) is 24.3 Å². The van der Waals surface area contributed by atoms with Gasteiger partial charge in [-0.05, 0) is 69.0 Å². The standard InChI is InChI=1S/C18H23FN4/c1-12-11-23(2)10-7-15(12)18(8-9-18)17-20-16(21-22-17)13-3-5-14(19)6-4-13/h3-6,12,15H,7-11H2,1-2H3,(H,20,21,22)/t12-,15?/m1/s1. The zero-order chi connectivity index (χ0) is 16.0. The van der Waals surface area contributed by atoms with Crippen molar-refractivity contribution in [2.24, 2.45) is 11.8 Å². The van der Waals surface area contributed by atoms with Crippen molar-refractivity contribution in [1.29, 1.82) is 0 Å². The van der Waals surface area contributed by atoms with Crippen LogP contribution in [0.3, 0.4) is 0 Å². The molecule has 2 heterocycles. The second kappa shape index (κ2) is 5.41. The first-order chi connectivity index (χ1) is 11.1. The number of aromatic nitrogens is 3. The third-order valence-corrected chi connectivity index (χ3v) is 5.67. The highest BCUT2D eigenvalue weighted by Gasteiger charge is 2.55. The Morgan fingerprint density at radius 2 is 2.00 bits per heavy atom. The van der Waals surface area contributed by atoms with Crippen LogP contribution in [-0.4, -0.2) is 40.2 Å². The lowest BCUT2D eigenvalue weighted by Gasteiger charge is -2.39. The predicted molar refractivity (Wildman–Crippen MR) is 87.5 cm³/mol. The number of hydrogen-bond donors (Lipinski definition) is 1. The molecule has 1 N–H and O–H groups in total. The van der Waals surface area contributed by atoms with Crippen LogP contribution >= 0.6 is 0 Å². The van der Waals surface area contributed by atoms with Gasteiger partial charge in [-0.3, -0.25) is 5.10 Å². The van der Waals surface area contributed by atoms with E-state index in [2.05, 4.69) is 29.1 Å². The summed E-state index contributed by atoms with van der Waals surface area (Å²) in [4.78, 5) is 7.19. The van der Waals surface area contributed by atoms with Crippen molar-refractivity contribution in [3.05, 3.63) is 35.9 Å². The van der Waals surface area contributed by atoms with Crippen LogP contribution in [0.1, 0.15) is 32.0 Å². The predicted octanol–water partition coefficient (Wildman–Crippen LogP) is 3.23. The molecule has 1 saturated heterocycles. The molecule has 0 spiro atoms. The first kappa shape index (κ1) is 14.8. The Hall–Kier alpha value is -1.75. The Balaban J connectivity index is 1.60. The lowest BCUT2D eigenvalue weighted by molar-refractivity contribution is 0.124. The number of rotatable bonds is 3. The summed E-state index contributed by atoms with van der Waals surface area (Å²) in [5.41, 5.74) is 1.05. The molecule has 1 aliphatic heterocycles. The molecule has 2 atom stereocenters. The number of hydrogen-bond acceptors (Lipinski definition) is 3. The number of H-pyrrole nitrogens is 1. The summed E-state index contributed by atoms with van der Waals surface area (Å²) in [6, 6.07) is 6.38. The van der Waals surface area contributed by atoms with E-state index in [1.807, 2.05) is 0 Å². The first-order valence-electron chi connectivity index (χ1n) is 8.46. The van der Waals surface area contributed by atoms with Crippen LogP contribution < -0.4 is 0 Å². The average molecular weight is 314 g/mol. The molecule has 1 aromatic carbocycles. The number of likely N-dealkylation sites (tertiary alicyclic amines) is 1. The fourth-order valence-electron chi connectivity index (χ4n) is 4.31. The van der Waals surface area contributed by atoms with Crippen LogP contribution in [0.4, 0.5) is 4.39 Å². The smallest absolute Gasteiger partial charge is 0.181 e. The minimum atomic E-state index is -0.233. The van der Waals surface area contributed by atoms with Crippen molar-refractivity contribution >= 4 is 0 Å². The van der Waals surface area contributed by atoms with Gasteiger partial charge in [0.25, 0.3) is 0 Å². The largest absolute Gasteiger partial charge is 0.306 e. The molecule has 23 heavy (non-hydrogen) atoms. The van der Waals surface area contributed by atoms with E-state index in [1.54, 1.807) is 12.1 Å². The molecule has 2 aliphatic rings. The van der Waals surface area contributed by atoms with Crippen molar-refractivity contribution in [3.63, 3.8) is 0 Å². The zero-order valence-corrected chi connectivity index (χ0v) is 13.7. The lowest BCUT2D eigenvalue weighted by Crippen LogP contribution is -2.42. The molecule has 2 aromatic rings. The minimum absolute atomic E-state index is 0.186. The second-order valence-corrected chi connectivity index (χ2v) is 7.31. The number of benzene rings is 1. The maximum Gasteiger partial charge on any atom is 0.181 e. The van der Waals surface area contributed by atoms with Gasteiger partial charge in [0.1, 0.15) is 11.6 Å². The molecule has 0 bridgehead atoms. The molecule has 1 unspecified atom stereocenters. The van der Waals surface area contributed by atoms with Crippen molar-refractivity contribution < 1.29 is 4.39 Å². The van der Waals surface area contributed by atoms with Crippen LogP contribution in [-0.2, 0) is 5.41 Å². The molecule has 0 amide bonds. The molecule has 2 fully saturated rings. The second-order valence-electron chi connectivity index (χ2n) is 7.31. The van der Waals surface area contributed by atoms with E-state index in [0.29, 0.717) is 17.7 Å². The van der Waals surface area contributed by atoms with Gasteiger partial charge in [-0.15, -0.1) is 0 Å². The molecule has 4 nitrogen and oxygen atoms in total. The number of aromatic amines is 1. The maximum atomic E-state index is 13.1. The Labute approximate surface area is 136 Å². The summed E-state index contributed by atoms with van der Waals surface area (Å²) in [5, 5.41) is 7.57. The van der Waals surface area contributed by atoms with E-state index >= 15 is 0 Å². The summed E-state index contributed by atoms with van der Waals surface area (Å²) < 4.78 is 13.1. The van der Waals surface area contributed by atoms with Gasteiger partial charge in [0.15, 0.2) is 5.82 Å². The summed E-state index contributed by atoms with van der Waals surface area (Å²) in [5.74, 6) is 2.82. The molecule has 0 radical (unpaired) electrons. The van der Waals surface area contributed by atoms with Crippen LogP contribution in [0.25, 0.3) is 11.4 Å². The van der Waals surface area contributed by atoms with Crippen molar-refractivity contribution in [2.45, 2.75) is 31.6 Å². The quantitative estimate of drug-likeness (QED) is 0.946. The Morgan fingerprint density at radius 1 is 1.26 bits per heavy atom. The maximum absolute atomic E-state index is 13.1.